The van der Waals surface area contributed by atoms with E-state index >= 15 is 0 Å². The number of amides is 5. The molecule has 18 nitrogen and oxygen atoms in total. The molecule has 0 aromatic carbocycles. The Morgan fingerprint density at radius 2 is 1.57 bits per heavy atom. The van der Waals surface area contributed by atoms with E-state index in [1.807, 2.05) is 13.8 Å². The van der Waals surface area contributed by atoms with Crippen molar-refractivity contribution >= 4 is 41.5 Å². The molecule has 1 aromatic heterocycles. The number of hydrogen-bond acceptors (Lipinski definition) is 10. The maximum Gasteiger partial charge on any atom is 0.326 e. The first-order valence-corrected chi connectivity index (χ1v) is 16.3. The van der Waals surface area contributed by atoms with Crippen LogP contribution in [-0.2, 0) is 40.0 Å². The average Bonchev–Trinajstić information content (AvgIpc) is 3.72. The summed E-state index contributed by atoms with van der Waals surface area (Å²) in [6.07, 6.45) is 1.23. The van der Waals surface area contributed by atoms with Crippen LogP contribution in [0.2, 0.25) is 0 Å². The first kappa shape index (κ1) is 40.6. The van der Waals surface area contributed by atoms with Gasteiger partial charge in [0.2, 0.25) is 29.5 Å². The molecule has 1 unspecified atom stereocenters. The first-order valence-electron chi connectivity index (χ1n) is 16.3. The first-order chi connectivity index (χ1) is 22.9. The minimum atomic E-state index is -1.54. The number of imidazole rings is 1. The zero-order valence-corrected chi connectivity index (χ0v) is 28.5. The Balaban J connectivity index is 2.24. The molecule has 0 bridgehead atoms. The lowest BCUT2D eigenvalue weighted by atomic mass is 10.0. The average molecular weight is 695 g/mol. The van der Waals surface area contributed by atoms with E-state index in [0.29, 0.717) is 12.1 Å². The van der Waals surface area contributed by atoms with Gasteiger partial charge in [-0.25, -0.2) is 9.78 Å². The number of aliphatic hydroxyl groups excluding tert-OH is 1. The van der Waals surface area contributed by atoms with Crippen molar-refractivity contribution in [3.05, 3.63) is 18.2 Å². The number of H-pyrrole nitrogens is 1. The number of nitrogens with zero attached hydrogens (tertiary/aromatic N) is 2. The maximum absolute atomic E-state index is 13.7. The topological polar surface area (TPSA) is 286 Å². The Morgan fingerprint density at radius 1 is 0.939 bits per heavy atom. The summed E-state index contributed by atoms with van der Waals surface area (Å²) in [4.78, 5) is 97.2. The van der Waals surface area contributed by atoms with Crippen LogP contribution < -0.4 is 27.0 Å². The third kappa shape index (κ3) is 12.4. The van der Waals surface area contributed by atoms with Crippen LogP contribution in [0.15, 0.2) is 12.5 Å². The third-order valence-electron chi connectivity index (χ3n) is 8.12. The molecule has 0 spiro atoms. The number of rotatable bonds is 19. The summed E-state index contributed by atoms with van der Waals surface area (Å²) in [7, 11) is 0. The highest BCUT2D eigenvalue weighted by Gasteiger charge is 2.41. The van der Waals surface area contributed by atoms with Crippen molar-refractivity contribution in [2.24, 2.45) is 17.6 Å². The Labute approximate surface area is 284 Å². The quantitative estimate of drug-likeness (QED) is 0.0779. The van der Waals surface area contributed by atoms with Gasteiger partial charge in [0.25, 0.3) is 0 Å². The number of aliphatic hydroxyl groups is 1. The summed E-state index contributed by atoms with van der Waals surface area (Å²) in [6, 6.07) is -7.43. The maximum atomic E-state index is 13.7. The Bertz CT molecular complexity index is 1320. The van der Waals surface area contributed by atoms with Crippen molar-refractivity contribution in [1.29, 1.82) is 0 Å². The van der Waals surface area contributed by atoms with E-state index in [9.17, 15) is 43.8 Å². The van der Waals surface area contributed by atoms with Gasteiger partial charge in [-0.15, -0.1) is 0 Å². The van der Waals surface area contributed by atoms with Gasteiger partial charge in [0, 0.05) is 31.3 Å². The van der Waals surface area contributed by atoms with Crippen molar-refractivity contribution in [2.45, 2.75) is 115 Å². The van der Waals surface area contributed by atoms with Crippen LogP contribution in [0.5, 0.6) is 0 Å². The molecule has 2 heterocycles. The molecule has 274 valence electrons. The molecule has 18 heteroatoms. The molecule has 1 aliphatic rings. The number of nitrogens with two attached hydrogens (primary N) is 1. The number of aromatic nitrogens is 2. The molecule has 10 N–H and O–H groups in total. The van der Waals surface area contributed by atoms with Gasteiger partial charge in [0.15, 0.2) is 0 Å². The normalized spacial score (nSPS) is 18.1. The lowest BCUT2D eigenvalue weighted by Crippen LogP contribution is -2.61. The van der Waals surface area contributed by atoms with Gasteiger partial charge in [0.05, 0.1) is 18.5 Å². The van der Waals surface area contributed by atoms with E-state index in [1.54, 1.807) is 13.8 Å². The Morgan fingerprint density at radius 3 is 2.10 bits per heavy atom. The van der Waals surface area contributed by atoms with Gasteiger partial charge < -0.3 is 52.2 Å². The molecule has 1 aromatic rings. The highest BCUT2D eigenvalue weighted by atomic mass is 16.4. The second-order valence-electron chi connectivity index (χ2n) is 13.1. The van der Waals surface area contributed by atoms with Crippen LogP contribution in [0.4, 0.5) is 0 Å². The molecule has 1 fully saturated rings. The molecule has 5 amide bonds. The Hall–Kier alpha value is -4.58. The second-order valence-corrected chi connectivity index (χ2v) is 13.1. The second kappa shape index (κ2) is 18.8. The number of likely N-dealkylation sites (tertiary alicyclic amines) is 1. The summed E-state index contributed by atoms with van der Waals surface area (Å²) in [6.45, 7) is 8.46. The molecular weight excluding hydrogens is 644 g/mol. The van der Waals surface area contributed by atoms with Crippen LogP contribution in [0.3, 0.4) is 0 Å². The Kier molecular flexibility index (Phi) is 15.6. The standard InChI is InChI=1S/C31H50N8O10/c1-15(2)11-20(36-26(43)21(12-18-13-33-14-34-18)37-29(46)24(32)16(3)4)27(44)38-25(17(5)40)30(47)39-10-6-7-22(39)28(45)35-19(31(48)49)8-9-23(41)42/h13-17,19-22,24-25,40H,6-12,32H2,1-5H3,(H,33,34)(H,35,45)(H,36,43)(H,37,46)(H,38,44)(H,41,42)(H,48,49)/t17-,19?,20+,21+,22+,24+,25+/m1/s1. The highest BCUT2D eigenvalue weighted by molar-refractivity contribution is 5.97. The predicted octanol–water partition coefficient (Wildman–Crippen LogP) is -1.76. The summed E-state index contributed by atoms with van der Waals surface area (Å²) in [5.74, 6) is -6.71. The number of carbonyl (C=O) groups excluding carboxylic acids is 5. The molecule has 0 radical (unpaired) electrons. The molecule has 49 heavy (non-hydrogen) atoms. The fraction of sp³-hybridized carbons (Fsp3) is 0.677. The van der Waals surface area contributed by atoms with Crippen molar-refractivity contribution in [2.75, 3.05) is 6.54 Å². The van der Waals surface area contributed by atoms with Gasteiger partial charge in [-0.3, -0.25) is 28.8 Å². The van der Waals surface area contributed by atoms with Gasteiger partial charge in [-0.1, -0.05) is 27.7 Å². The van der Waals surface area contributed by atoms with Crippen molar-refractivity contribution in [3.63, 3.8) is 0 Å². The minimum Gasteiger partial charge on any atom is -0.481 e. The van der Waals surface area contributed by atoms with Gasteiger partial charge >= 0.3 is 11.9 Å². The van der Waals surface area contributed by atoms with E-state index in [4.69, 9.17) is 10.8 Å². The van der Waals surface area contributed by atoms with E-state index < -0.39 is 90.3 Å². The summed E-state index contributed by atoms with van der Waals surface area (Å²) < 4.78 is 0. The summed E-state index contributed by atoms with van der Waals surface area (Å²) in [5.41, 5.74) is 6.52. The summed E-state index contributed by atoms with van der Waals surface area (Å²) >= 11 is 0. The van der Waals surface area contributed by atoms with Crippen LogP contribution in [-0.4, -0.2) is 121 Å². The molecule has 0 saturated carbocycles. The van der Waals surface area contributed by atoms with Gasteiger partial charge in [-0.2, -0.15) is 0 Å². The molecule has 7 atom stereocenters. The monoisotopic (exact) mass is 694 g/mol. The lowest BCUT2D eigenvalue weighted by molar-refractivity contribution is -0.146. The molecular formula is C31H50N8O10. The molecule has 1 aliphatic heterocycles. The van der Waals surface area contributed by atoms with Crippen LogP contribution >= 0.6 is 0 Å². The SMILES string of the molecule is CC(C)C[C@H](NC(=O)[C@H](Cc1cnc[nH]1)NC(=O)[C@@H](N)C(C)C)C(=O)N[C@H](C(=O)N1CCC[C@H]1C(=O)NC(CCC(=O)O)C(=O)O)[C@@H](C)O. The number of carboxylic acids is 2. The van der Waals surface area contributed by atoms with E-state index in [2.05, 4.69) is 31.2 Å². The predicted molar refractivity (Wildman–Crippen MR) is 173 cm³/mol. The van der Waals surface area contributed by atoms with Gasteiger partial charge in [0.1, 0.15) is 30.2 Å². The zero-order valence-electron chi connectivity index (χ0n) is 28.5. The largest absolute Gasteiger partial charge is 0.481 e. The van der Waals surface area contributed by atoms with E-state index in [1.165, 1.54) is 19.4 Å². The van der Waals surface area contributed by atoms with Crippen LogP contribution in [0.1, 0.15) is 72.4 Å². The third-order valence-corrected chi connectivity index (χ3v) is 8.12. The minimum absolute atomic E-state index is 0.00461. The number of aromatic amines is 1. The number of carboxylic acid groups (broad SMARTS) is 2. The van der Waals surface area contributed by atoms with Crippen molar-refractivity contribution < 1.29 is 48.9 Å². The highest BCUT2D eigenvalue weighted by Crippen LogP contribution is 2.20. The van der Waals surface area contributed by atoms with Crippen LogP contribution in [0.25, 0.3) is 0 Å². The smallest absolute Gasteiger partial charge is 0.326 e. The van der Waals surface area contributed by atoms with Crippen molar-refractivity contribution in [1.82, 2.24) is 36.1 Å². The molecule has 2 rings (SSSR count). The number of hydrogen-bond donors (Lipinski definition) is 9. The van der Waals surface area contributed by atoms with Gasteiger partial charge in [-0.05, 0) is 44.4 Å². The lowest BCUT2D eigenvalue weighted by Gasteiger charge is -2.32. The number of nitrogens with one attached hydrogen (secondary N) is 5. The molecule has 1 saturated heterocycles. The summed E-state index contributed by atoms with van der Waals surface area (Å²) in [5, 5.41) is 39.0. The van der Waals surface area contributed by atoms with E-state index in [0.717, 1.165) is 4.90 Å². The molecule has 0 aliphatic carbocycles. The van der Waals surface area contributed by atoms with E-state index in [-0.39, 0.29) is 44.1 Å². The zero-order chi connectivity index (χ0) is 37.0. The fourth-order valence-electron chi connectivity index (χ4n) is 5.29. The van der Waals surface area contributed by atoms with Crippen LogP contribution in [0, 0.1) is 11.8 Å². The van der Waals surface area contributed by atoms with Crippen molar-refractivity contribution in [3.8, 4) is 0 Å². The fourth-order valence-corrected chi connectivity index (χ4v) is 5.29. The number of carbonyl (C=O) groups is 7. The number of aliphatic carboxylic acids is 2.